The summed E-state index contributed by atoms with van der Waals surface area (Å²) in [5, 5.41) is -0.0533. The molecule has 0 aliphatic carbocycles. The number of pyridine rings is 2. The molecule has 0 saturated carbocycles. The largest absolute Gasteiger partial charge is 0.455 e. The Morgan fingerprint density at radius 3 is 2.52 bits per heavy atom. The Balaban J connectivity index is 2.08. The number of ether oxygens (including phenoxy) is 1. The molecule has 0 atom stereocenters. The van der Waals surface area contributed by atoms with Crippen molar-refractivity contribution in [2.24, 2.45) is 0 Å². The Labute approximate surface area is 177 Å². The fourth-order valence-electron chi connectivity index (χ4n) is 2.74. The quantitative estimate of drug-likeness (QED) is 0.465. The van der Waals surface area contributed by atoms with Crippen molar-refractivity contribution in [3.05, 3.63) is 35.1 Å². The first kappa shape index (κ1) is 23.1. The van der Waals surface area contributed by atoms with Crippen LogP contribution in [0.5, 0.6) is 0 Å². The second kappa shape index (κ2) is 7.86. The number of sulfone groups is 1. The number of amides is 1. The predicted octanol–water partition coefficient (Wildman–Crippen LogP) is 4.24. The Bertz CT molecular complexity index is 1140. The summed E-state index contributed by atoms with van der Waals surface area (Å²) in [7, 11) is -3.76. The van der Waals surface area contributed by atoms with Gasteiger partial charge in [0.2, 0.25) is 0 Å². The highest BCUT2D eigenvalue weighted by atomic mass is 35.5. The fourth-order valence-corrected chi connectivity index (χ4v) is 3.92. The number of cyclic esters (lactones) is 1. The number of anilines is 1. The zero-order chi connectivity index (χ0) is 23.2. The Morgan fingerprint density at radius 2 is 1.90 bits per heavy atom. The number of aromatic nitrogens is 2. The number of alkyl halides is 5. The number of carbonyl (C=O) groups excluding carboxylic acids is 1. The van der Waals surface area contributed by atoms with E-state index in [-0.39, 0.29) is 43.3 Å². The third kappa shape index (κ3) is 4.42. The van der Waals surface area contributed by atoms with Crippen molar-refractivity contribution >= 4 is 33.2 Å². The van der Waals surface area contributed by atoms with E-state index in [1.54, 1.807) is 0 Å². The van der Waals surface area contributed by atoms with E-state index in [4.69, 9.17) is 16.3 Å². The van der Waals surface area contributed by atoms with E-state index in [1.807, 2.05) is 0 Å². The normalized spacial score (nSPS) is 14.9. The molecule has 1 amide bonds. The summed E-state index contributed by atoms with van der Waals surface area (Å²) in [6.45, 7) is -1.05. The van der Waals surface area contributed by atoms with Crippen LogP contribution in [-0.2, 0) is 21.2 Å². The van der Waals surface area contributed by atoms with Crippen LogP contribution in [0.4, 0.5) is 32.4 Å². The van der Waals surface area contributed by atoms with Gasteiger partial charge in [-0.15, -0.1) is 0 Å². The van der Waals surface area contributed by atoms with Crippen LogP contribution >= 0.6 is 11.6 Å². The lowest BCUT2D eigenvalue weighted by molar-refractivity contribution is -0.276. The van der Waals surface area contributed by atoms with E-state index in [0.717, 1.165) is 6.20 Å². The van der Waals surface area contributed by atoms with Crippen LogP contribution in [0.1, 0.15) is 12.5 Å². The number of nitrogens with zero attached hydrogens (tertiary/aromatic N) is 3. The summed E-state index contributed by atoms with van der Waals surface area (Å²) in [6, 6.07) is 3.67. The summed E-state index contributed by atoms with van der Waals surface area (Å²) in [5.74, 6) is -5.46. The van der Waals surface area contributed by atoms with E-state index >= 15 is 0 Å². The van der Waals surface area contributed by atoms with Gasteiger partial charge in [-0.25, -0.2) is 18.2 Å². The summed E-state index contributed by atoms with van der Waals surface area (Å²) in [6.07, 6.45) is -6.41. The zero-order valence-corrected chi connectivity index (χ0v) is 17.2. The minimum absolute atomic E-state index is 0.0317. The number of hydrogen-bond donors (Lipinski definition) is 0. The van der Waals surface area contributed by atoms with Gasteiger partial charge in [-0.1, -0.05) is 18.5 Å². The summed E-state index contributed by atoms with van der Waals surface area (Å²) in [4.78, 5) is 19.7. The molecule has 0 spiro atoms. The van der Waals surface area contributed by atoms with Gasteiger partial charge in [0.15, 0.2) is 9.84 Å². The standard InChI is InChI=1S/C17H13ClF5N3O4S/c1-2-31(28,29)12-3-4-13(18)25-14(12)10-5-9-7-30-15(27)26(11(9)6-24-10)8-16(19,20)17(21,22)23/h3-6H,2,7-8H2,1H3. The average Bonchev–Trinajstić information content (AvgIpc) is 2.68. The van der Waals surface area contributed by atoms with Crippen molar-refractivity contribution in [2.45, 2.75) is 30.5 Å². The molecule has 7 nitrogen and oxygen atoms in total. The SMILES string of the molecule is CCS(=O)(=O)c1ccc(Cl)nc1-c1cc2c(cn1)N(CC(F)(F)C(F)(F)F)C(=O)OC2. The minimum Gasteiger partial charge on any atom is -0.444 e. The van der Waals surface area contributed by atoms with Crippen molar-refractivity contribution in [3.8, 4) is 11.4 Å². The van der Waals surface area contributed by atoms with Crippen molar-refractivity contribution in [1.29, 1.82) is 0 Å². The first-order chi connectivity index (χ1) is 14.3. The lowest BCUT2D eigenvalue weighted by Crippen LogP contribution is -2.50. The van der Waals surface area contributed by atoms with E-state index in [1.165, 1.54) is 25.1 Å². The van der Waals surface area contributed by atoms with Gasteiger partial charge in [-0.3, -0.25) is 9.88 Å². The van der Waals surface area contributed by atoms with E-state index in [0.29, 0.717) is 0 Å². The van der Waals surface area contributed by atoms with E-state index in [9.17, 15) is 35.2 Å². The van der Waals surface area contributed by atoms with Crippen LogP contribution in [0.3, 0.4) is 0 Å². The molecule has 0 unspecified atom stereocenters. The van der Waals surface area contributed by atoms with Gasteiger partial charge in [-0.05, 0) is 18.2 Å². The van der Waals surface area contributed by atoms with Crippen molar-refractivity contribution in [1.82, 2.24) is 9.97 Å². The van der Waals surface area contributed by atoms with Gasteiger partial charge < -0.3 is 4.74 Å². The molecule has 0 fully saturated rings. The Hall–Kier alpha value is -2.54. The van der Waals surface area contributed by atoms with Gasteiger partial charge in [0.1, 0.15) is 24.0 Å². The Morgan fingerprint density at radius 1 is 1.23 bits per heavy atom. The molecule has 1 aliphatic heterocycles. The highest BCUT2D eigenvalue weighted by Crippen LogP contribution is 2.39. The van der Waals surface area contributed by atoms with E-state index < -0.39 is 41.2 Å². The highest BCUT2D eigenvalue weighted by Gasteiger charge is 2.59. The van der Waals surface area contributed by atoms with Crippen molar-refractivity contribution < 1.29 is 39.9 Å². The maximum Gasteiger partial charge on any atom is 0.455 e. The number of halogens is 6. The van der Waals surface area contributed by atoms with Crippen LogP contribution in [0.25, 0.3) is 11.4 Å². The smallest absolute Gasteiger partial charge is 0.444 e. The molecule has 0 N–H and O–H groups in total. The van der Waals surface area contributed by atoms with Crippen molar-refractivity contribution in [2.75, 3.05) is 17.2 Å². The number of fused-ring (bicyclic) bond motifs is 1. The lowest BCUT2D eigenvalue weighted by Gasteiger charge is -2.32. The number of hydrogen-bond acceptors (Lipinski definition) is 6. The number of rotatable bonds is 5. The Kier molecular flexibility index (Phi) is 5.86. The molecule has 168 valence electrons. The topological polar surface area (TPSA) is 89.5 Å². The third-order valence-electron chi connectivity index (χ3n) is 4.38. The van der Waals surface area contributed by atoms with Crippen LogP contribution in [0, 0.1) is 0 Å². The molecule has 31 heavy (non-hydrogen) atoms. The molecule has 3 rings (SSSR count). The van der Waals surface area contributed by atoms with Crippen LogP contribution in [0.15, 0.2) is 29.3 Å². The van der Waals surface area contributed by atoms with Crippen LogP contribution < -0.4 is 4.90 Å². The monoisotopic (exact) mass is 485 g/mol. The molecular weight excluding hydrogens is 473 g/mol. The summed E-state index contributed by atoms with van der Waals surface area (Å²) < 4.78 is 94.2. The predicted molar refractivity (Wildman–Crippen MR) is 98.7 cm³/mol. The summed E-state index contributed by atoms with van der Waals surface area (Å²) in [5.41, 5.74) is -0.481. The fraction of sp³-hybridized carbons (Fsp3) is 0.353. The molecule has 14 heteroatoms. The van der Waals surface area contributed by atoms with Gasteiger partial charge in [-0.2, -0.15) is 22.0 Å². The molecule has 0 saturated heterocycles. The molecule has 0 radical (unpaired) electrons. The van der Waals surface area contributed by atoms with Crippen LogP contribution in [-0.4, -0.2) is 48.9 Å². The lowest BCUT2D eigenvalue weighted by atomic mass is 10.1. The third-order valence-corrected chi connectivity index (χ3v) is 6.35. The number of carbonyl (C=O) groups is 1. The van der Waals surface area contributed by atoms with Gasteiger partial charge in [0.25, 0.3) is 0 Å². The molecular formula is C17H13ClF5N3O4S. The van der Waals surface area contributed by atoms with Crippen molar-refractivity contribution in [3.63, 3.8) is 0 Å². The molecule has 0 aromatic carbocycles. The zero-order valence-electron chi connectivity index (χ0n) is 15.6. The molecule has 0 bridgehead atoms. The van der Waals surface area contributed by atoms with Gasteiger partial charge in [0, 0.05) is 5.56 Å². The van der Waals surface area contributed by atoms with E-state index in [2.05, 4.69) is 9.97 Å². The molecule has 1 aliphatic rings. The first-order valence-electron chi connectivity index (χ1n) is 8.54. The highest BCUT2D eigenvalue weighted by molar-refractivity contribution is 7.91. The van der Waals surface area contributed by atoms with Gasteiger partial charge >= 0.3 is 18.2 Å². The van der Waals surface area contributed by atoms with Crippen LogP contribution in [0.2, 0.25) is 5.15 Å². The summed E-state index contributed by atoms with van der Waals surface area (Å²) >= 11 is 5.86. The molecule has 2 aromatic heterocycles. The van der Waals surface area contributed by atoms with Gasteiger partial charge in [0.05, 0.1) is 28.2 Å². The maximum atomic E-state index is 13.5. The first-order valence-corrected chi connectivity index (χ1v) is 10.6. The second-order valence-corrected chi connectivity index (χ2v) is 9.06. The average molecular weight is 486 g/mol. The second-order valence-electron chi connectivity index (χ2n) is 6.43. The maximum absolute atomic E-state index is 13.5. The molecule has 2 aromatic rings. The molecule has 3 heterocycles. The minimum atomic E-state index is -5.88.